The summed E-state index contributed by atoms with van der Waals surface area (Å²) in [7, 11) is 0. The third-order valence-corrected chi connectivity index (χ3v) is 5.88. The second kappa shape index (κ2) is 5.67. The first-order valence-corrected chi connectivity index (χ1v) is 9.33. The molecule has 0 aliphatic heterocycles. The number of fused-ring (bicyclic) bond motifs is 2. The molecule has 2 aromatic carbocycles. The molecule has 122 valence electrons. The molecule has 25 heavy (non-hydrogen) atoms. The minimum absolute atomic E-state index is 0.106. The van der Waals surface area contributed by atoms with E-state index in [4.69, 9.17) is 4.98 Å². The van der Waals surface area contributed by atoms with Gasteiger partial charge in [0, 0.05) is 11.1 Å². The Kier molecular flexibility index (Phi) is 3.31. The van der Waals surface area contributed by atoms with E-state index in [1.807, 2.05) is 40.8 Å². The van der Waals surface area contributed by atoms with E-state index in [-0.39, 0.29) is 5.56 Å². The van der Waals surface area contributed by atoms with Crippen LogP contribution >= 0.6 is 11.3 Å². The molecule has 0 N–H and O–H groups in total. The molecular weight excluding hydrogens is 328 g/mol. The predicted octanol–water partition coefficient (Wildman–Crippen LogP) is 4.58. The molecule has 0 saturated heterocycles. The summed E-state index contributed by atoms with van der Waals surface area (Å²) in [5.74, 6) is 0. The van der Waals surface area contributed by atoms with Gasteiger partial charge in [-0.15, -0.1) is 0 Å². The number of hydrogen-bond donors (Lipinski definition) is 0. The molecule has 2 heterocycles. The molecule has 1 aliphatic rings. The van der Waals surface area contributed by atoms with Crippen LogP contribution in [0, 0.1) is 0 Å². The number of thiazole rings is 1. The lowest BCUT2D eigenvalue weighted by atomic mass is 10.1. The van der Waals surface area contributed by atoms with E-state index in [0.717, 1.165) is 57.2 Å². The largest absolute Gasteiger partial charge is 0.269 e. The van der Waals surface area contributed by atoms with Crippen molar-refractivity contribution in [3.8, 4) is 21.7 Å². The number of hydrogen-bond acceptors (Lipinski definition) is 3. The molecule has 0 radical (unpaired) electrons. The Morgan fingerprint density at radius 2 is 1.56 bits per heavy atom. The minimum atomic E-state index is 0.106. The number of nitrogens with zero attached hydrogens (tertiary/aromatic N) is 2. The summed E-state index contributed by atoms with van der Waals surface area (Å²) >= 11 is 1.60. The zero-order valence-corrected chi connectivity index (χ0v) is 14.4. The molecule has 0 amide bonds. The quantitative estimate of drug-likeness (QED) is 0.533. The van der Waals surface area contributed by atoms with Crippen LogP contribution in [0.4, 0.5) is 0 Å². The van der Waals surface area contributed by atoms with Crippen LogP contribution in [-0.2, 0) is 12.8 Å². The smallest absolute Gasteiger partial charge is 0.262 e. The third kappa shape index (κ3) is 2.25. The lowest BCUT2D eigenvalue weighted by Gasteiger charge is -2.07. The highest BCUT2D eigenvalue weighted by molar-refractivity contribution is 7.20. The van der Waals surface area contributed by atoms with Crippen molar-refractivity contribution < 1.29 is 0 Å². The van der Waals surface area contributed by atoms with Crippen molar-refractivity contribution in [2.24, 2.45) is 0 Å². The van der Waals surface area contributed by atoms with E-state index in [2.05, 4.69) is 24.3 Å². The second-order valence-corrected chi connectivity index (χ2v) is 7.30. The van der Waals surface area contributed by atoms with Crippen molar-refractivity contribution in [3.63, 3.8) is 0 Å². The van der Waals surface area contributed by atoms with Gasteiger partial charge in [0.25, 0.3) is 5.56 Å². The Balaban J connectivity index is 1.92. The Labute approximate surface area is 149 Å². The van der Waals surface area contributed by atoms with E-state index in [9.17, 15) is 4.79 Å². The first-order valence-electron chi connectivity index (χ1n) is 8.51. The zero-order valence-electron chi connectivity index (χ0n) is 13.6. The molecule has 0 saturated carbocycles. The van der Waals surface area contributed by atoms with Gasteiger partial charge in [0.05, 0.1) is 16.3 Å². The topological polar surface area (TPSA) is 34.4 Å². The first-order chi connectivity index (χ1) is 12.3. The number of aromatic nitrogens is 2. The SMILES string of the molecule is O=c1c2c(nc3sc(-c4ccccc4)c(-c4ccccc4)n13)CCC2. The van der Waals surface area contributed by atoms with Crippen LogP contribution in [0.5, 0.6) is 0 Å². The van der Waals surface area contributed by atoms with Crippen LogP contribution in [0.1, 0.15) is 17.7 Å². The molecule has 0 fully saturated rings. The fourth-order valence-corrected chi connectivity index (χ4v) is 4.78. The van der Waals surface area contributed by atoms with E-state index in [1.54, 1.807) is 11.3 Å². The summed E-state index contributed by atoms with van der Waals surface area (Å²) in [4.78, 5) is 19.9. The van der Waals surface area contributed by atoms with Gasteiger partial charge in [0.1, 0.15) is 0 Å². The standard InChI is InChI=1S/C21H16N2OS/c24-20-16-12-7-13-17(16)22-21-23(20)18(14-8-3-1-4-9-14)19(25-21)15-10-5-2-6-11-15/h1-6,8-11H,7,12-13H2. The van der Waals surface area contributed by atoms with Crippen LogP contribution in [0.15, 0.2) is 65.5 Å². The monoisotopic (exact) mass is 344 g/mol. The third-order valence-electron chi connectivity index (χ3n) is 4.79. The van der Waals surface area contributed by atoms with Crippen molar-refractivity contribution in [2.45, 2.75) is 19.3 Å². The number of benzene rings is 2. The highest BCUT2D eigenvalue weighted by atomic mass is 32.1. The molecule has 4 aromatic rings. The van der Waals surface area contributed by atoms with Gasteiger partial charge in [0.15, 0.2) is 4.96 Å². The van der Waals surface area contributed by atoms with Gasteiger partial charge in [-0.25, -0.2) is 4.98 Å². The van der Waals surface area contributed by atoms with Crippen LogP contribution in [0.25, 0.3) is 26.7 Å². The van der Waals surface area contributed by atoms with Crippen LogP contribution in [0.2, 0.25) is 0 Å². The van der Waals surface area contributed by atoms with Crippen molar-refractivity contribution in [3.05, 3.63) is 82.3 Å². The van der Waals surface area contributed by atoms with E-state index in [0.29, 0.717) is 0 Å². The van der Waals surface area contributed by atoms with Crippen molar-refractivity contribution in [1.29, 1.82) is 0 Å². The lowest BCUT2D eigenvalue weighted by molar-refractivity contribution is 0.899. The van der Waals surface area contributed by atoms with Gasteiger partial charge in [-0.3, -0.25) is 9.20 Å². The fourth-order valence-electron chi connectivity index (χ4n) is 3.62. The second-order valence-electron chi connectivity index (χ2n) is 6.33. The van der Waals surface area contributed by atoms with Gasteiger partial charge < -0.3 is 0 Å². The number of rotatable bonds is 2. The van der Waals surface area contributed by atoms with E-state index >= 15 is 0 Å². The molecule has 0 unspecified atom stereocenters. The lowest BCUT2D eigenvalue weighted by Crippen LogP contribution is -2.19. The molecule has 5 rings (SSSR count). The Hall–Kier alpha value is -2.72. The summed E-state index contributed by atoms with van der Waals surface area (Å²) in [6, 6.07) is 20.4. The Morgan fingerprint density at radius 1 is 0.880 bits per heavy atom. The van der Waals surface area contributed by atoms with Gasteiger partial charge in [-0.05, 0) is 24.8 Å². The molecule has 4 heteroatoms. The minimum Gasteiger partial charge on any atom is -0.269 e. The van der Waals surface area contributed by atoms with Gasteiger partial charge in [-0.1, -0.05) is 72.0 Å². The van der Waals surface area contributed by atoms with Crippen LogP contribution in [0.3, 0.4) is 0 Å². The summed E-state index contributed by atoms with van der Waals surface area (Å²) in [6.07, 6.45) is 2.79. The molecule has 0 spiro atoms. The first kappa shape index (κ1) is 14.6. The normalized spacial score (nSPS) is 13.3. The van der Waals surface area contributed by atoms with Crippen molar-refractivity contribution in [1.82, 2.24) is 9.38 Å². The Morgan fingerprint density at radius 3 is 2.28 bits per heavy atom. The van der Waals surface area contributed by atoms with Gasteiger partial charge >= 0.3 is 0 Å². The average molecular weight is 344 g/mol. The average Bonchev–Trinajstić information content (AvgIpc) is 3.28. The van der Waals surface area contributed by atoms with Gasteiger partial charge in [0.2, 0.25) is 0 Å². The summed E-state index contributed by atoms with van der Waals surface area (Å²) in [5.41, 5.74) is 5.12. The maximum atomic E-state index is 13.2. The van der Waals surface area contributed by atoms with Crippen LogP contribution < -0.4 is 5.56 Å². The molecule has 1 aliphatic carbocycles. The van der Waals surface area contributed by atoms with Gasteiger partial charge in [-0.2, -0.15) is 0 Å². The molecule has 0 atom stereocenters. The fraction of sp³-hybridized carbons (Fsp3) is 0.143. The molecule has 3 nitrogen and oxygen atoms in total. The van der Waals surface area contributed by atoms with Crippen molar-refractivity contribution >= 4 is 16.3 Å². The maximum Gasteiger partial charge on any atom is 0.262 e. The molecule has 2 aromatic heterocycles. The zero-order chi connectivity index (χ0) is 16.8. The van der Waals surface area contributed by atoms with Crippen LogP contribution in [-0.4, -0.2) is 9.38 Å². The maximum absolute atomic E-state index is 13.2. The summed E-state index contributed by atoms with van der Waals surface area (Å²) < 4.78 is 1.83. The highest BCUT2D eigenvalue weighted by Crippen LogP contribution is 2.38. The Bertz CT molecular complexity index is 1130. The van der Waals surface area contributed by atoms with Crippen molar-refractivity contribution in [2.75, 3.05) is 0 Å². The molecular formula is C21H16N2OS. The van der Waals surface area contributed by atoms with E-state index in [1.165, 1.54) is 0 Å². The molecule has 0 bridgehead atoms. The van der Waals surface area contributed by atoms with E-state index < -0.39 is 0 Å². The highest BCUT2D eigenvalue weighted by Gasteiger charge is 2.23. The summed E-state index contributed by atoms with van der Waals surface area (Å²) in [5, 5.41) is 0. The predicted molar refractivity (Wildman–Crippen MR) is 102 cm³/mol. The number of aryl methyl sites for hydroxylation is 1. The summed E-state index contributed by atoms with van der Waals surface area (Å²) in [6.45, 7) is 0.